The van der Waals surface area contributed by atoms with Gasteiger partial charge in [-0.15, -0.1) is 11.6 Å². The highest BCUT2D eigenvalue weighted by molar-refractivity contribution is 6.17. The third kappa shape index (κ3) is 20.6. The summed E-state index contributed by atoms with van der Waals surface area (Å²) >= 11 is 5.18. The molecule has 2 rings (SSSR count). The van der Waals surface area contributed by atoms with E-state index >= 15 is 0 Å². The van der Waals surface area contributed by atoms with Crippen LogP contribution < -0.4 is 0 Å². The molecular formula is C26H41ClO8. The largest absolute Gasteiger partial charge is 0.465 e. The van der Waals surface area contributed by atoms with Crippen LogP contribution in [-0.4, -0.2) is 85.4 Å². The van der Waals surface area contributed by atoms with Crippen molar-refractivity contribution < 1.29 is 38.4 Å². The van der Waals surface area contributed by atoms with E-state index in [-0.39, 0.29) is 11.9 Å². The van der Waals surface area contributed by atoms with Gasteiger partial charge in [0.1, 0.15) is 0 Å². The molecule has 0 aromatic heterocycles. The lowest BCUT2D eigenvalue weighted by Crippen LogP contribution is -2.02. The first-order valence-electron chi connectivity index (χ1n) is 10.6. The average molecular weight is 517 g/mol. The average Bonchev–Trinajstić information content (AvgIpc) is 2.90. The van der Waals surface area contributed by atoms with E-state index < -0.39 is 0 Å². The Morgan fingerprint density at radius 1 is 0.657 bits per heavy atom. The van der Waals surface area contributed by atoms with Gasteiger partial charge in [-0.05, 0) is 37.1 Å². The predicted octanol–water partition coefficient (Wildman–Crippen LogP) is 4.32. The maximum absolute atomic E-state index is 11.0. The van der Waals surface area contributed by atoms with E-state index in [1.807, 2.05) is 50.2 Å². The maximum atomic E-state index is 11.0. The van der Waals surface area contributed by atoms with Gasteiger partial charge in [-0.3, -0.25) is 0 Å². The number of rotatable bonds is 7. The fourth-order valence-corrected chi connectivity index (χ4v) is 2.22. The van der Waals surface area contributed by atoms with Crippen molar-refractivity contribution in [3.05, 3.63) is 70.8 Å². The number of benzene rings is 2. The molecule has 0 aliphatic rings. The zero-order valence-corrected chi connectivity index (χ0v) is 22.9. The summed E-state index contributed by atoms with van der Waals surface area (Å²) in [4.78, 5) is 22.0. The molecule has 8 nitrogen and oxygen atoms in total. The Morgan fingerprint density at radius 3 is 1.17 bits per heavy atom. The van der Waals surface area contributed by atoms with Gasteiger partial charge in [0.25, 0.3) is 0 Å². The molecule has 0 amide bonds. The van der Waals surface area contributed by atoms with Crippen LogP contribution in [0, 0.1) is 13.8 Å². The standard InChI is InChI=1S/2C9H10O2.C4H10O2.C3H7ClO.CH4O/c2*1-7-5-3-4-6-8(7)9(10)11-2;1-5-3-4-6-2;1-5-3-2-4;1-2/h2*3-6H,1-2H3;3-4H2,1-2H3;2-3H2,1H3;2H,1H3. The van der Waals surface area contributed by atoms with E-state index in [1.54, 1.807) is 33.5 Å². The zero-order valence-electron chi connectivity index (χ0n) is 22.1. The van der Waals surface area contributed by atoms with E-state index in [2.05, 4.69) is 23.7 Å². The molecule has 0 saturated carbocycles. The number of ether oxygens (including phenoxy) is 5. The van der Waals surface area contributed by atoms with Gasteiger partial charge >= 0.3 is 11.9 Å². The predicted molar refractivity (Wildman–Crippen MR) is 140 cm³/mol. The molecule has 0 bridgehead atoms. The Labute approximate surface area is 215 Å². The van der Waals surface area contributed by atoms with Gasteiger partial charge in [-0.2, -0.15) is 0 Å². The van der Waals surface area contributed by atoms with Crippen LogP contribution in [-0.2, 0) is 23.7 Å². The molecule has 0 aliphatic carbocycles. The van der Waals surface area contributed by atoms with Crippen molar-refractivity contribution >= 4 is 23.5 Å². The summed E-state index contributed by atoms with van der Waals surface area (Å²) in [7, 11) is 8.70. The van der Waals surface area contributed by atoms with Gasteiger partial charge in [0.05, 0.1) is 45.2 Å². The molecule has 2 aromatic carbocycles. The Morgan fingerprint density at radius 2 is 0.971 bits per heavy atom. The number of aryl methyl sites for hydroxylation is 2. The fourth-order valence-electron chi connectivity index (χ4n) is 2.07. The van der Waals surface area contributed by atoms with Gasteiger partial charge in [0, 0.05) is 34.3 Å². The summed E-state index contributed by atoms with van der Waals surface area (Å²) in [5.41, 5.74) is 3.16. The van der Waals surface area contributed by atoms with E-state index in [4.69, 9.17) is 16.7 Å². The molecule has 200 valence electrons. The molecule has 0 spiro atoms. The minimum Gasteiger partial charge on any atom is -0.465 e. The minimum absolute atomic E-state index is 0.275. The molecule has 0 atom stereocenters. The Bertz CT molecular complexity index is 705. The van der Waals surface area contributed by atoms with Crippen LogP contribution in [0.15, 0.2) is 48.5 Å². The van der Waals surface area contributed by atoms with Crippen LogP contribution in [0.1, 0.15) is 31.8 Å². The number of aliphatic hydroxyl groups is 1. The third-order valence-corrected chi connectivity index (χ3v) is 4.03. The summed E-state index contributed by atoms with van der Waals surface area (Å²) < 4.78 is 23.0. The molecule has 0 unspecified atom stereocenters. The summed E-state index contributed by atoms with van der Waals surface area (Å²) in [5, 5.41) is 7.00. The first kappa shape index (κ1) is 37.1. The van der Waals surface area contributed by atoms with Crippen molar-refractivity contribution in [2.45, 2.75) is 13.8 Å². The topological polar surface area (TPSA) is 101 Å². The van der Waals surface area contributed by atoms with Crippen LogP contribution >= 0.6 is 11.6 Å². The molecule has 1 N–H and O–H groups in total. The highest BCUT2D eigenvalue weighted by Crippen LogP contribution is 2.08. The zero-order chi connectivity index (χ0) is 27.5. The first-order valence-corrected chi connectivity index (χ1v) is 11.1. The monoisotopic (exact) mass is 516 g/mol. The number of halogens is 1. The van der Waals surface area contributed by atoms with E-state index in [0.717, 1.165) is 18.2 Å². The second-order valence-corrected chi connectivity index (χ2v) is 6.66. The Hall–Kier alpha value is -2.49. The number of esters is 2. The van der Waals surface area contributed by atoms with Crippen molar-refractivity contribution in [2.75, 3.05) is 68.4 Å². The second-order valence-electron chi connectivity index (χ2n) is 6.28. The van der Waals surface area contributed by atoms with Gasteiger partial charge in [0.2, 0.25) is 0 Å². The van der Waals surface area contributed by atoms with E-state index in [1.165, 1.54) is 14.2 Å². The summed E-state index contributed by atoms with van der Waals surface area (Å²) in [5.74, 6) is 0.0439. The molecule has 2 aromatic rings. The van der Waals surface area contributed by atoms with Crippen LogP contribution in [0.5, 0.6) is 0 Å². The molecule has 35 heavy (non-hydrogen) atoms. The number of hydrogen-bond donors (Lipinski definition) is 1. The van der Waals surface area contributed by atoms with Crippen molar-refractivity contribution in [3.8, 4) is 0 Å². The number of hydrogen-bond acceptors (Lipinski definition) is 8. The van der Waals surface area contributed by atoms with Crippen molar-refractivity contribution in [2.24, 2.45) is 0 Å². The lowest BCUT2D eigenvalue weighted by atomic mass is 10.1. The van der Waals surface area contributed by atoms with Gasteiger partial charge in [0.15, 0.2) is 0 Å². The van der Waals surface area contributed by atoms with Gasteiger partial charge in [-0.25, -0.2) is 9.59 Å². The molecular weight excluding hydrogens is 476 g/mol. The molecule has 9 heteroatoms. The highest BCUT2D eigenvalue weighted by Gasteiger charge is 2.06. The summed E-state index contributed by atoms with van der Waals surface area (Å²) in [6.45, 7) is 5.80. The number of carbonyl (C=O) groups is 2. The van der Waals surface area contributed by atoms with Crippen molar-refractivity contribution in [1.29, 1.82) is 0 Å². The quantitative estimate of drug-likeness (QED) is 0.330. The molecule has 0 heterocycles. The van der Waals surface area contributed by atoms with Gasteiger partial charge in [-0.1, -0.05) is 36.4 Å². The third-order valence-electron chi connectivity index (χ3n) is 3.87. The number of aliphatic hydroxyl groups excluding tert-OH is 1. The smallest absolute Gasteiger partial charge is 0.338 e. The SMILES string of the molecule is CO.COC(=O)c1ccccc1C.COC(=O)c1ccccc1C.COCCCl.COCCOC. The van der Waals surface area contributed by atoms with Crippen LogP contribution in [0.2, 0.25) is 0 Å². The van der Waals surface area contributed by atoms with Crippen LogP contribution in [0.4, 0.5) is 0 Å². The fraction of sp³-hybridized carbons (Fsp3) is 0.462. The maximum Gasteiger partial charge on any atom is 0.338 e. The van der Waals surface area contributed by atoms with E-state index in [0.29, 0.717) is 36.8 Å². The van der Waals surface area contributed by atoms with E-state index in [9.17, 15) is 9.59 Å². The Balaban J connectivity index is -0.000000401. The second kappa shape index (κ2) is 27.8. The van der Waals surface area contributed by atoms with Gasteiger partial charge < -0.3 is 28.8 Å². The Kier molecular flexibility index (Phi) is 29.4. The molecule has 0 saturated heterocycles. The summed E-state index contributed by atoms with van der Waals surface area (Å²) in [6, 6.07) is 14.7. The number of alkyl halides is 1. The van der Waals surface area contributed by atoms with Crippen molar-refractivity contribution in [1.82, 2.24) is 0 Å². The lowest BCUT2D eigenvalue weighted by Gasteiger charge is -2.00. The minimum atomic E-state index is -0.275. The molecule has 0 fully saturated rings. The number of carbonyl (C=O) groups excluding carboxylic acids is 2. The normalized spacial score (nSPS) is 8.74. The highest BCUT2D eigenvalue weighted by atomic mass is 35.5. The van der Waals surface area contributed by atoms with Crippen molar-refractivity contribution in [3.63, 3.8) is 0 Å². The first-order chi connectivity index (χ1) is 16.8. The summed E-state index contributed by atoms with van der Waals surface area (Å²) in [6.07, 6.45) is 0. The number of methoxy groups -OCH3 is 5. The molecule has 0 radical (unpaired) electrons. The molecule has 0 aliphatic heterocycles. The lowest BCUT2D eigenvalue weighted by molar-refractivity contribution is 0.0591. The van der Waals surface area contributed by atoms with Crippen LogP contribution in [0.3, 0.4) is 0 Å². The van der Waals surface area contributed by atoms with Crippen LogP contribution in [0.25, 0.3) is 0 Å².